The first-order valence-corrected chi connectivity index (χ1v) is 8.21. The summed E-state index contributed by atoms with van der Waals surface area (Å²) >= 11 is 0. The van der Waals surface area contributed by atoms with Gasteiger partial charge < -0.3 is 10.1 Å². The molecule has 0 aromatic heterocycles. The predicted octanol–water partition coefficient (Wildman–Crippen LogP) is 4.39. The van der Waals surface area contributed by atoms with Crippen LogP contribution in [0.4, 0.5) is 0 Å². The molecule has 1 atom stereocenters. The summed E-state index contributed by atoms with van der Waals surface area (Å²) in [5.41, 5.74) is 2.63. The minimum absolute atomic E-state index is 0.206. The minimum atomic E-state index is 0.206. The van der Waals surface area contributed by atoms with Crippen molar-refractivity contribution >= 4 is 0 Å². The third kappa shape index (κ3) is 5.64. The summed E-state index contributed by atoms with van der Waals surface area (Å²) < 4.78 is 6.15. The molecular weight excluding hydrogens is 246 g/mol. The van der Waals surface area contributed by atoms with Crippen molar-refractivity contribution in [2.24, 2.45) is 0 Å². The van der Waals surface area contributed by atoms with E-state index < -0.39 is 0 Å². The van der Waals surface area contributed by atoms with Crippen LogP contribution in [0.15, 0.2) is 24.3 Å². The summed E-state index contributed by atoms with van der Waals surface area (Å²) in [6.07, 6.45) is 7.93. The first-order chi connectivity index (χ1) is 9.79. The predicted molar refractivity (Wildman–Crippen MR) is 85.0 cm³/mol. The number of hydrogen-bond donors (Lipinski definition) is 1. The van der Waals surface area contributed by atoms with Crippen LogP contribution in [0.3, 0.4) is 0 Å². The average molecular weight is 275 g/mol. The lowest BCUT2D eigenvalue weighted by molar-refractivity contribution is 0.0496. The largest absolute Gasteiger partial charge is 0.372 e. The van der Waals surface area contributed by atoms with Gasteiger partial charge in [-0.1, -0.05) is 56.0 Å². The van der Waals surface area contributed by atoms with Gasteiger partial charge in [-0.3, -0.25) is 0 Å². The molecule has 0 spiro atoms. The molecule has 0 aliphatic heterocycles. The fourth-order valence-electron chi connectivity index (χ4n) is 2.46. The second-order valence-corrected chi connectivity index (χ2v) is 6.02. The number of ether oxygens (including phenoxy) is 1. The Hall–Kier alpha value is -0.860. The minimum Gasteiger partial charge on any atom is -0.372 e. The van der Waals surface area contributed by atoms with Crippen LogP contribution in [0.25, 0.3) is 0 Å². The van der Waals surface area contributed by atoms with Crippen molar-refractivity contribution in [1.82, 2.24) is 5.32 Å². The van der Waals surface area contributed by atoms with Crippen molar-refractivity contribution in [3.05, 3.63) is 35.4 Å². The molecule has 2 heteroatoms. The van der Waals surface area contributed by atoms with E-state index in [0.29, 0.717) is 0 Å². The van der Waals surface area contributed by atoms with Gasteiger partial charge in [0, 0.05) is 19.2 Å². The lowest BCUT2D eigenvalue weighted by Gasteiger charge is -2.19. The summed E-state index contributed by atoms with van der Waals surface area (Å²) in [5, 5.41) is 3.60. The van der Waals surface area contributed by atoms with Crippen LogP contribution in [0.1, 0.15) is 62.7 Å². The Bertz CT molecular complexity index is 387. The van der Waals surface area contributed by atoms with Gasteiger partial charge >= 0.3 is 0 Å². The Kier molecular flexibility index (Phi) is 6.55. The molecular formula is C18H29NO. The number of rotatable bonds is 10. The van der Waals surface area contributed by atoms with Crippen LogP contribution in [-0.2, 0) is 4.74 Å². The fraction of sp³-hybridized carbons (Fsp3) is 0.667. The maximum Gasteiger partial charge on any atom is 0.0949 e. The van der Waals surface area contributed by atoms with Crippen LogP contribution in [-0.4, -0.2) is 19.2 Å². The molecule has 20 heavy (non-hydrogen) atoms. The molecule has 1 unspecified atom stereocenters. The third-order valence-corrected chi connectivity index (χ3v) is 3.90. The summed E-state index contributed by atoms with van der Waals surface area (Å²) in [6, 6.07) is 9.47. The van der Waals surface area contributed by atoms with E-state index in [1.165, 1.54) is 49.7 Å². The molecule has 112 valence electrons. The second kappa shape index (κ2) is 8.43. The Morgan fingerprint density at radius 2 is 2.10 bits per heavy atom. The van der Waals surface area contributed by atoms with Gasteiger partial charge in [-0.05, 0) is 31.7 Å². The number of hydrogen-bond acceptors (Lipinski definition) is 2. The van der Waals surface area contributed by atoms with E-state index in [1.807, 2.05) is 0 Å². The van der Waals surface area contributed by atoms with Gasteiger partial charge in [0.15, 0.2) is 0 Å². The van der Waals surface area contributed by atoms with Crippen LogP contribution >= 0.6 is 0 Å². The molecule has 0 heterocycles. The van der Waals surface area contributed by atoms with Crippen molar-refractivity contribution < 1.29 is 4.74 Å². The zero-order valence-corrected chi connectivity index (χ0v) is 13.0. The van der Waals surface area contributed by atoms with E-state index >= 15 is 0 Å². The summed E-state index contributed by atoms with van der Waals surface area (Å²) in [5.74, 6) is 0. The van der Waals surface area contributed by atoms with Crippen molar-refractivity contribution in [2.75, 3.05) is 13.2 Å². The average Bonchev–Trinajstić information content (AvgIpc) is 3.26. The van der Waals surface area contributed by atoms with E-state index in [1.54, 1.807) is 0 Å². The van der Waals surface area contributed by atoms with Crippen molar-refractivity contribution in [3.8, 4) is 0 Å². The topological polar surface area (TPSA) is 21.3 Å². The highest BCUT2D eigenvalue weighted by Gasteiger charge is 2.22. The Labute approximate surface area is 123 Å². The van der Waals surface area contributed by atoms with Gasteiger partial charge in [0.05, 0.1) is 6.10 Å². The number of unbranched alkanes of at least 4 members (excludes halogenated alkanes) is 3. The smallest absolute Gasteiger partial charge is 0.0949 e. The highest BCUT2D eigenvalue weighted by Crippen LogP contribution is 2.23. The van der Waals surface area contributed by atoms with Gasteiger partial charge in [0.25, 0.3) is 0 Å². The van der Waals surface area contributed by atoms with Gasteiger partial charge in [0.2, 0.25) is 0 Å². The molecule has 1 saturated carbocycles. The van der Waals surface area contributed by atoms with Crippen LogP contribution in [0.5, 0.6) is 0 Å². The molecule has 0 amide bonds. The molecule has 1 aromatic carbocycles. The number of nitrogens with one attached hydrogen (secondary N) is 1. The highest BCUT2D eigenvalue weighted by molar-refractivity contribution is 5.24. The van der Waals surface area contributed by atoms with E-state index in [2.05, 4.69) is 43.4 Å². The number of benzene rings is 1. The molecule has 1 aromatic rings. The molecule has 0 saturated heterocycles. The molecule has 2 nitrogen and oxygen atoms in total. The lowest BCUT2D eigenvalue weighted by Crippen LogP contribution is -2.25. The summed E-state index contributed by atoms with van der Waals surface area (Å²) in [6.45, 7) is 6.22. The third-order valence-electron chi connectivity index (χ3n) is 3.90. The standard InChI is InChI=1S/C18H29NO/c1-3-4-5-6-12-20-18(14-19-17-10-11-17)16-9-7-8-15(2)13-16/h7-9,13,17-19H,3-6,10-12,14H2,1-2H3. The summed E-state index contributed by atoms with van der Waals surface area (Å²) in [7, 11) is 0. The molecule has 1 aliphatic rings. The first kappa shape index (κ1) is 15.5. The Balaban J connectivity index is 1.82. The van der Waals surface area contributed by atoms with Crippen LogP contribution < -0.4 is 5.32 Å². The van der Waals surface area contributed by atoms with Gasteiger partial charge in [0.1, 0.15) is 0 Å². The van der Waals surface area contributed by atoms with Crippen molar-refractivity contribution in [3.63, 3.8) is 0 Å². The molecule has 0 bridgehead atoms. The molecule has 0 radical (unpaired) electrons. The van der Waals surface area contributed by atoms with E-state index in [4.69, 9.17) is 4.74 Å². The molecule has 2 rings (SSSR count). The first-order valence-electron chi connectivity index (χ1n) is 8.21. The zero-order valence-electron chi connectivity index (χ0n) is 13.0. The normalized spacial score (nSPS) is 16.3. The SMILES string of the molecule is CCCCCCOC(CNC1CC1)c1cccc(C)c1. The fourth-order valence-corrected chi connectivity index (χ4v) is 2.46. The van der Waals surface area contributed by atoms with E-state index in [9.17, 15) is 0 Å². The quantitative estimate of drug-likeness (QED) is 0.640. The van der Waals surface area contributed by atoms with Crippen molar-refractivity contribution in [2.45, 2.75) is 64.5 Å². The second-order valence-electron chi connectivity index (χ2n) is 6.02. The maximum absolute atomic E-state index is 6.15. The van der Waals surface area contributed by atoms with Gasteiger partial charge in [-0.25, -0.2) is 0 Å². The highest BCUT2D eigenvalue weighted by atomic mass is 16.5. The Morgan fingerprint density at radius 1 is 1.25 bits per heavy atom. The maximum atomic E-state index is 6.15. The van der Waals surface area contributed by atoms with Crippen LogP contribution in [0.2, 0.25) is 0 Å². The lowest BCUT2D eigenvalue weighted by atomic mass is 10.1. The van der Waals surface area contributed by atoms with E-state index in [0.717, 1.165) is 19.2 Å². The monoisotopic (exact) mass is 275 g/mol. The molecule has 1 N–H and O–H groups in total. The van der Waals surface area contributed by atoms with E-state index in [-0.39, 0.29) is 6.10 Å². The zero-order chi connectivity index (χ0) is 14.2. The van der Waals surface area contributed by atoms with Crippen LogP contribution in [0, 0.1) is 6.92 Å². The molecule has 1 fully saturated rings. The number of aryl methyl sites for hydroxylation is 1. The summed E-state index contributed by atoms with van der Waals surface area (Å²) in [4.78, 5) is 0. The van der Waals surface area contributed by atoms with Crippen molar-refractivity contribution in [1.29, 1.82) is 0 Å². The van der Waals surface area contributed by atoms with Gasteiger partial charge in [-0.2, -0.15) is 0 Å². The van der Waals surface area contributed by atoms with Gasteiger partial charge in [-0.15, -0.1) is 0 Å². The Morgan fingerprint density at radius 3 is 2.80 bits per heavy atom. The molecule has 1 aliphatic carbocycles.